The highest BCUT2D eigenvalue weighted by molar-refractivity contribution is 7.13. The summed E-state index contributed by atoms with van der Waals surface area (Å²) >= 11 is 14.3. The topological polar surface area (TPSA) is 268 Å². The standard InChI is InChI=1S/C64H76Cl2FN9O11S/c1-37-55(88-36-70-37)40-14-12-39(13-15-40)48(73-58(81)50-33-44(78)35-76(50)60(83)56(62(3,4)5)71-38(2)77)34-51(79)68-24-26-85-28-30-87-31-29-86-27-25-69-57(80)41-16-19-43(20-17-41)72-59(82)54-52(45-10-9-11-47(66)53(45)67)64(63(75-54)22-7-6-8-23-63)46-21-18-42(65)32-49(46)74-61(64)84/h9-21,32,36,44,48,50,52,54,56,75,78H,6-8,22-31,33-35H2,1-5H3,(H,68,79)(H,69,80)(H,71,77)(H,72,82)(H,73,81)(H,74,84)/t44-,48+,50+,52+,54-,56-,64-/m1/s1. The van der Waals surface area contributed by atoms with Crippen LogP contribution in [0.15, 0.2) is 90.4 Å². The van der Waals surface area contributed by atoms with Gasteiger partial charge in [0.05, 0.1) is 85.4 Å². The van der Waals surface area contributed by atoms with Crippen LogP contribution in [0, 0.1) is 18.2 Å². The molecule has 9 rings (SSSR count). The maximum Gasteiger partial charge on any atom is 0.251 e. The zero-order valence-corrected chi connectivity index (χ0v) is 52.2. The number of benzene rings is 4. The Labute approximate surface area is 525 Å². The Balaban J connectivity index is 0.694. The van der Waals surface area contributed by atoms with Gasteiger partial charge in [0.15, 0.2) is 0 Å². The van der Waals surface area contributed by atoms with E-state index in [1.807, 2.05) is 31.2 Å². The second kappa shape index (κ2) is 28.7. The van der Waals surface area contributed by atoms with Crippen LogP contribution in [0.2, 0.25) is 10.0 Å². The molecular weight excluding hydrogens is 1190 g/mol. The van der Waals surface area contributed by atoms with E-state index in [-0.39, 0.29) is 100 Å². The zero-order chi connectivity index (χ0) is 62.9. The Hall–Kier alpha value is -6.89. The maximum atomic E-state index is 16.3. The van der Waals surface area contributed by atoms with Crippen molar-refractivity contribution in [1.29, 1.82) is 0 Å². The minimum atomic E-state index is -1.38. The predicted octanol–water partition coefficient (Wildman–Crippen LogP) is 7.51. The number of hydrogen-bond donors (Lipinski definition) is 8. The number of β-amino-alcohol motifs (C(OH)–C–C–N with tert-alkyl or cyclic N) is 1. The van der Waals surface area contributed by atoms with E-state index in [2.05, 4.69) is 42.2 Å². The number of aliphatic hydroxyl groups is 1. The normalized spacial score (nSPS) is 20.9. The fourth-order valence-corrected chi connectivity index (χ4v) is 14.0. The molecule has 24 heteroatoms. The number of nitrogens with zero attached hydrogens (tertiary/aromatic N) is 2. The van der Waals surface area contributed by atoms with Crippen LogP contribution in [0.1, 0.15) is 117 Å². The number of hydrogen-bond acceptors (Lipinski definition) is 14. The van der Waals surface area contributed by atoms with Crippen LogP contribution >= 0.6 is 34.5 Å². The first-order valence-corrected chi connectivity index (χ1v) is 31.3. The van der Waals surface area contributed by atoms with Crippen molar-refractivity contribution < 1.29 is 57.3 Å². The van der Waals surface area contributed by atoms with Gasteiger partial charge in [-0.2, -0.15) is 0 Å². The molecule has 5 aromatic rings. The molecule has 2 spiro atoms. The van der Waals surface area contributed by atoms with Crippen molar-refractivity contribution in [3.63, 3.8) is 0 Å². The maximum absolute atomic E-state index is 16.3. The fraction of sp³-hybridized carbons (Fsp3) is 0.469. The summed E-state index contributed by atoms with van der Waals surface area (Å²) in [6.07, 6.45) is 2.58. The third-order valence-electron chi connectivity index (χ3n) is 16.9. The molecule has 4 aromatic carbocycles. The van der Waals surface area contributed by atoms with Gasteiger partial charge in [0.1, 0.15) is 23.3 Å². The Morgan fingerprint density at radius 2 is 1.52 bits per heavy atom. The molecule has 1 saturated carbocycles. The first kappa shape index (κ1) is 65.6. The highest BCUT2D eigenvalue weighted by atomic mass is 35.5. The summed E-state index contributed by atoms with van der Waals surface area (Å²) in [5.41, 5.74) is 3.30. The average molecular weight is 1270 g/mol. The summed E-state index contributed by atoms with van der Waals surface area (Å²) in [5, 5.41) is 32.0. The molecule has 20 nitrogen and oxygen atoms in total. The fourth-order valence-electron chi connectivity index (χ4n) is 12.8. The minimum Gasteiger partial charge on any atom is -0.391 e. The number of thiazole rings is 1. The number of carbonyl (C=O) groups is 7. The molecular formula is C64H76Cl2FN9O11S. The number of amides is 7. The number of aromatic nitrogens is 1. The molecule has 4 heterocycles. The number of nitrogens with one attached hydrogen (secondary N) is 7. The lowest BCUT2D eigenvalue weighted by Gasteiger charge is -2.47. The summed E-state index contributed by atoms with van der Waals surface area (Å²) in [6.45, 7) is 10.4. The number of aliphatic hydroxyl groups excluding tert-OH is 1. The van der Waals surface area contributed by atoms with Gasteiger partial charge in [-0.05, 0) is 89.9 Å². The van der Waals surface area contributed by atoms with Gasteiger partial charge >= 0.3 is 0 Å². The lowest BCUT2D eigenvalue weighted by Crippen LogP contribution is -2.60. The number of likely N-dealkylation sites (tertiary alicyclic amines) is 1. The van der Waals surface area contributed by atoms with Gasteiger partial charge in [0.2, 0.25) is 35.4 Å². The second-order valence-corrected chi connectivity index (χ2v) is 25.6. The van der Waals surface area contributed by atoms with Crippen molar-refractivity contribution in [2.75, 3.05) is 69.9 Å². The van der Waals surface area contributed by atoms with Crippen molar-refractivity contribution in [3.05, 3.63) is 134 Å². The van der Waals surface area contributed by atoms with E-state index >= 15 is 4.39 Å². The Bertz CT molecular complexity index is 3360. The number of halogens is 3. The summed E-state index contributed by atoms with van der Waals surface area (Å²) in [7, 11) is 0. The van der Waals surface area contributed by atoms with Gasteiger partial charge in [0.25, 0.3) is 5.91 Å². The summed E-state index contributed by atoms with van der Waals surface area (Å²) < 4.78 is 33.3. The SMILES string of the molecule is CC(=O)N[C@H](C(=O)N1C[C@H](O)C[C@H]1C(=O)N[C@@H](CC(=O)NCCOCCOCCOCCNC(=O)c1ccc(NC(=O)[C@@H]2NC3(CCCCC3)[C@@]3(C(=O)Nc4cc(Cl)ccc43)[C@H]2c2cccc(Cl)c2F)cc1)c1ccc(-c2scnc2C)cc1)C(C)(C)C. The van der Waals surface area contributed by atoms with E-state index < -0.39 is 82.0 Å². The monoisotopic (exact) mass is 1270 g/mol. The molecule has 4 aliphatic rings. The number of anilines is 2. The van der Waals surface area contributed by atoms with E-state index in [0.29, 0.717) is 45.9 Å². The van der Waals surface area contributed by atoms with E-state index in [1.165, 1.54) is 29.2 Å². The van der Waals surface area contributed by atoms with Gasteiger partial charge in [0, 0.05) is 66.4 Å². The Morgan fingerprint density at radius 3 is 2.17 bits per heavy atom. The van der Waals surface area contributed by atoms with Crippen LogP contribution in [0.5, 0.6) is 0 Å². The van der Waals surface area contributed by atoms with Gasteiger partial charge in [-0.15, -0.1) is 11.3 Å². The van der Waals surface area contributed by atoms with Crippen LogP contribution in [-0.4, -0.2) is 145 Å². The van der Waals surface area contributed by atoms with Gasteiger partial charge in [-0.1, -0.05) is 106 Å². The number of rotatable bonds is 24. The first-order chi connectivity index (χ1) is 42.1. The third kappa shape index (κ3) is 14.6. The highest BCUT2D eigenvalue weighted by Crippen LogP contribution is 2.63. The molecule has 7 atom stereocenters. The molecule has 2 saturated heterocycles. The molecule has 8 N–H and O–H groups in total. The number of ether oxygens (including phenoxy) is 3. The Kier molecular flexibility index (Phi) is 21.4. The van der Waals surface area contributed by atoms with Crippen molar-refractivity contribution >= 4 is 87.3 Å². The van der Waals surface area contributed by atoms with E-state index in [4.69, 9.17) is 37.4 Å². The second-order valence-electron chi connectivity index (χ2n) is 23.9. The molecule has 0 unspecified atom stereocenters. The minimum absolute atomic E-state index is 0.0159. The van der Waals surface area contributed by atoms with Crippen molar-refractivity contribution in [2.45, 2.75) is 127 Å². The Morgan fingerprint density at radius 1 is 0.852 bits per heavy atom. The van der Waals surface area contributed by atoms with E-state index in [1.54, 1.807) is 80.9 Å². The third-order valence-corrected chi connectivity index (χ3v) is 18.4. The van der Waals surface area contributed by atoms with Crippen molar-refractivity contribution in [2.24, 2.45) is 5.41 Å². The molecule has 470 valence electrons. The summed E-state index contributed by atoms with van der Waals surface area (Å²) in [4.78, 5) is 103. The molecule has 1 aromatic heterocycles. The van der Waals surface area contributed by atoms with Crippen LogP contribution in [-0.2, 0) is 48.4 Å². The summed E-state index contributed by atoms with van der Waals surface area (Å²) in [6, 6.07) is 19.8. The average Bonchev–Trinajstić information content (AvgIpc) is 1.51. The molecule has 88 heavy (non-hydrogen) atoms. The molecule has 0 bridgehead atoms. The number of aryl methyl sites for hydroxylation is 1. The van der Waals surface area contributed by atoms with Gasteiger partial charge < -0.3 is 56.1 Å². The molecule has 1 aliphatic carbocycles. The zero-order valence-electron chi connectivity index (χ0n) is 49.9. The predicted molar refractivity (Wildman–Crippen MR) is 332 cm³/mol. The molecule has 3 aliphatic heterocycles. The largest absolute Gasteiger partial charge is 0.391 e. The molecule has 0 radical (unpaired) electrons. The molecule has 3 fully saturated rings. The van der Waals surface area contributed by atoms with Crippen LogP contribution in [0.3, 0.4) is 0 Å². The van der Waals surface area contributed by atoms with Crippen LogP contribution in [0.4, 0.5) is 15.8 Å². The van der Waals surface area contributed by atoms with Crippen molar-refractivity contribution in [1.82, 2.24) is 36.5 Å². The first-order valence-electron chi connectivity index (χ1n) is 29.7. The highest BCUT2D eigenvalue weighted by Gasteiger charge is 2.72. The van der Waals surface area contributed by atoms with Crippen molar-refractivity contribution in [3.8, 4) is 10.4 Å². The van der Waals surface area contributed by atoms with Gasteiger partial charge in [-0.3, -0.25) is 38.9 Å². The lowest BCUT2D eigenvalue weighted by atomic mass is 9.55. The number of carbonyl (C=O) groups excluding carboxylic acids is 7. The van der Waals surface area contributed by atoms with E-state index in [0.717, 1.165) is 35.4 Å². The lowest BCUT2D eigenvalue weighted by molar-refractivity contribution is -0.144. The quantitative estimate of drug-likeness (QED) is 0.0279. The number of fused-ring (bicyclic) bond motifs is 3. The smallest absolute Gasteiger partial charge is 0.251 e. The van der Waals surface area contributed by atoms with Crippen LogP contribution in [0.25, 0.3) is 10.4 Å². The summed E-state index contributed by atoms with van der Waals surface area (Å²) in [5.74, 6) is -4.67. The van der Waals surface area contributed by atoms with Crippen LogP contribution < -0.4 is 37.2 Å². The van der Waals surface area contributed by atoms with E-state index in [9.17, 15) is 38.7 Å². The van der Waals surface area contributed by atoms with Gasteiger partial charge in [-0.25, -0.2) is 9.37 Å². The molecule has 7 amide bonds.